The van der Waals surface area contributed by atoms with E-state index in [1.165, 1.54) is 0 Å². The van der Waals surface area contributed by atoms with E-state index in [1.807, 2.05) is 32.0 Å². The summed E-state index contributed by atoms with van der Waals surface area (Å²) in [4.78, 5) is 4.36. The summed E-state index contributed by atoms with van der Waals surface area (Å²) in [5.41, 5.74) is 6.37. The van der Waals surface area contributed by atoms with Crippen LogP contribution in [0.25, 0.3) is 11.5 Å². The number of aromatic nitrogens is 2. The Labute approximate surface area is 122 Å². The quantitative estimate of drug-likeness (QED) is 0.886. The fourth-order valence-electron chi connectivity index (χ4n) is 1.41. The van der Waals surface area contributed by atoms with Gasteiger partial charge in [0.05, 0.1) is 5.54 Å². The van der Waals surface area contributed by atoms with Gasteiger partial charge in [-0.25, -0.2) is 0 Å². The Morgan fingerprint density at radius 3 is 2.44 bits per heavy atom. The minimum atomic E-state index is -0.564. The molecule has 0 aliphatic rings. The Kier molecular flexibility index (Phi) is 3.89. The lowest BCUT2D eigenvalue weighted by Gasteiger charge is -2.16. The van der Waals surface area contributed by atoms with Gasteiger partial charge in [0.2, 0.25) is 0 Å². The molecule has 0 amide bonds. The van der Waals surface area contributed by atoms with Gasteiger partial charge < -0.3 is 10.3 Å². The first-order chi connectivity index (χ1) is 8.42. The topological polar surface area (TPSA) is 64.9 Å². The number of nitrogens with zero attached hydrogens (tertiary/aromatic N) is 2. The third-order valence-corrected chi connectivity index (χ3v) is 3.70. The van der Waals surface area contributed by atoms with E-state index in [1.54, 1.807) is 0 Å². The summed E-state index contributed by atoms with van der Waals surface area (Å²) in [6.45, 7) is 3.88. The molecule has 1 unspecified atom stereocenters. The van der Waals surface area contributed by atoms with E-state index in [0.29, 0.717) is 11.7 Å². The molecule has 1 atom stereocenters. The van der Waals surface area contributed by atoms with Crippen LogP contribution in [-0.2, 0) is 5.54 Å². The van der Waals surface area contributed by atoms with Gasteiger partial charge in [-0.3, -0.25) is 0 Å². The lowest BCUT2D eigenvalue weighted by Crippen LogP contribution is -2.33. The third-order valence-electron chi connectivity index (χ3n) is 2.78. The Morgan fingerprint density at radius 1 is 1.28 bits per heavy atom. The van der Waals surface area contributed by atoms with Crippen LogP contribution < -0.4 is 5.73 Å². The highest BCUT2D eigenvalue weighted by Gasteiger charge is 2.25. The Morgan fingerprint density at radius 2 is 1.89 bits per heavy atom. The summed E-state index contributed by atoms with van der Waals surface area (Å²) in [5.74, 6) is 0.994. The van der Waals surface area contributed by atoms with Crippen molar-refractivity contribution in [3.05, 3.63) is 33.0 Å². The first kappa shape index (κ1) is 13.7. The molecule has 4 nitrogen and oxygen atoms in total. The van der Waals surface area contributed by atoms with E-state index < -0.39 is 5.54 Å². The monoisotopic (exact) mass is 373 g/mol. The largest absolute Gasteiger partial charge is 0.334 e. The Balaban J connectivity index is 2.41. The van der Waals surface area contributed by atoms with Gasteiger partial charge in [-0.15, -0.1) is 0 Å². The van der Waals surface area contributed by atoms with E-state index in [9.17, 15) is 0 Å². The maximum absolute atomic E-state index is 6.09. The molecule has 0 fully saturated rings. The zero-order chi connectivity index (χ0) is 13.3. The van der Waals surface area contributed by atoms with Crippen molar-refractivity contribution in [2.45, 2.75) is 25.8 Å². The van der Waals surface area contributed by atoms with Crippen molar-refractivity contribution < 1.29 is 4.52 Å². The average Bonchev–Trinajstić information content (AvgIpc) is 2.77. The normalized spacial score (nSPS) is 14.5. The third kappa shape index (κ3) is 2.81. The second kappa shape index (κ2) is 5.11. The summed E-state index contributed by atoms with van der Waals surface area (Å²) in [6.07, 6.45) is 0.744. The Hall–Kier alpha value is -0.720. The summed E-state index contributed by atoms with van der Waals surface area (Å²) >= 11 is 6.85. The van der Waals surface area contributed by atoms with E-state index in [2.05, 4.69) is 42.0 Å². The first-order valence-corrected chi connectivity index (χ1v) is 7.10. The fraction of sp³-hybridized carbons (Fsp3) is 0.333. The van der Waals surface area contributed by atoms with Crippen molar-refractivity contribution in [3.63, 3.8) is 0 Å². The molecule has 2 N–H and O–H groups in total. The number of halogens is 2. The van der Waals surface area contributed by atoms with Crippen LogP contribution in [0.3, 0.4) is 0 Å². The van der Waals surface area contributed by atoms with Crippen LogP contribution >= 0.6 is 31.9 Å². The van der Waals surface area contributed by atoms with Crippen molar-refractivity contribution in [2.75, 3.05) is 0 Å². The number of hydrogen-bond acceptors (Lipinski definition) is 4. The molecule has 0 spiro atoms. The first-order valence-electron chi connectivity index (χ1n) is 5.52. The lowest BCUT2D eigenvalue weighted by molar-refractivity contribution is 0.379. The van der Waals surface area contributed by atoms with Crippen molar-refractivity contribution in [3.8, 4) is 11.5 Å². The smallest absolute Gasteiger partial charge is 0.258 e. The van der Waals surface area contributed by atoms with Crippen LogP contribution in [-0.4, -0.2) is 10.1 Å². The number of hydrogen-bond donors (Lipinski definition) is 1. The molecular formula is C12H13Br2N3O. The molecule has 0 saturated carbocycles. The minimum Gasteiger partial charge on any atom is -0.334 e. The molecule has 0 aliphatic heterocycles. The molecule has 96 valence electrons. The van der Waals surface area contributed by atoms with E-state index in [4.69, 9.17) is 10.3 Å². The van der Waals surface area contributed by atoms with Crippen molar-refractivity contribution in [1.29, 1.82) is 0 Å². The molecule has 0 saturated heterocycles. The number of benzene rings is 1. The Bertz CT molecular complexity index is 546. The van der Waals surface area contributed by atoms with Crippen molar-refractivity contribution in [2.24, 2.45) is 5.73 Å². The maximum Gasteiger partial charge on any atom is 0.258 e. The SMILES string of the molecule is CCC(C)(N)c1noc(-c2cc(Br)cc(Br)c2)n1. The molecule has 0 radical (unpaired) electrons. The van der Waals surface area contributed by atoms with Gasteiger partial charge >= 0.3 is 0 Å². The molecule has 6 heteroatoms. The zero-order valence-corrected chi connectivity index (χ0v) is 13.2. The zero-order valence-electron chi connectivity index (χ0n) is 10.1. The summed E-state index contributed by atoms with van der Waals surface area (Å²) in [7, 11) is 0. The van der Waals surface area contributed by atoms with Gasteiger partial charge in [-0.05, 0) is 31.5 Å². The van der Waals surface area contributed by atoms with E-state index in [0.717, 1.165) is 20.9 Å². The average molecular weight is 375 g/mol. The van der Waals surface area contributed by atoms with E-state index >= 15 is 0 Å². The van der Waals surface area contributed by atoms with Gasteiger partial charge in [0.15, 0.2) is 5.82 Å². The van der Waals surface area contributed by atoms with Crippen LogP contribution in [0.1, 0.15) is 26.1 Å². The molecule has 1 aromatic carbocycles. The van der Waals surface area contributed by atoms with Crippen molar-refractivity contribution in [1.82, 2.24) is 10.1 Å². The van der Waals surface area contributed by atoms with Gasteiger partial charge in [0, 0.05) is 14.5 Å². The standard InChI is InChI=1S/C12H13Br2N3O/c1-3-12(2,15)11-16-10(18-17-11)7-4-8(13)6-9(14)5-7/h4-6H,3,15H2,1-2H3. The number of rotatable bonds is 3. The van der Waals surface area contributed by atoms with Crippen LogP contribution in [0.2, 0.25) is 0 Å². The molecule has 0 aliphatic carbocycles. The predicted octanol–water partition coefficient (Wildman–Crippen LogP) is 3.85. The van der Waals surface area contributed by atoms with Gasteiger partial charge in [0.25, 0.3) is 5.89 Å². The van der Waals surface area contributed by atoms with Crippen LogP contribution in [0.15, 0.2) is 31.7 Å². The van der Waals surface area contributed by atoms with Crippen LogP contribution in [0.5, 0.6) is 0 Å². The molecule has 2 rings (SSSR count). The van der Waals surface area contributed by atoms with Crippen LogP contribution in [0.4, 0.5) is 0 Å². The van der Waals surface area contributed by atoms with Gasteiger partial charge in [-0.1, -0.05) is 43.9 Å². The van der Waals surface area contributed by atoms with Gasteiger partial charge in [0.1, 0.15) is 0 Å². The molecule has 0 bridgehead atoms. The fourth-order valence-corrected chi connectivity index (χ4v) is 2.70. The minimum absolute atomic E-state index is 0.470. The van der Waals surface area contributed by atoms with E-state index in [-0.39, 0.29) is 0 Å². The molecule has 1 aromatic heterocycles. The molecule has 2 aromatic rings. The maximum atomic E-state index is 6.09. The van der Waals surface area contributed by atoms with Crippen molar-refractivity contribution >= 4 is 31.9 Å². The molecule has 1 heterocycles. The highest BCUT2D eigenvalue weighted by Crippen LogP contribution is 2.28. The molecular weight excluding hydrogens is 362 g/mol. The second-order valence-electron chi connectivity index (χ2n) is 4.35. The lowest BCUT2D eigenvalue weighted by atomic mass is 10.0. The summed E-state index contributed by atoms with van der Waals surface area (Å²) in [5, 5.41) is 3.95. The van der Waals surface area contributed by atoms with Gasteiger partial charge in [-0.2, -0.15) is 4.98 Å². The second-order valence-corrected chi connectivity index (χ2v) is 6.18. The van der Waals surface area contributed by atoms with Crippen LogP contribution in [0, 0.1) is 0 Å². The summed E-state index contributed by atoms with van der Waals surface area (Å²) < 4.78 is 7.15. The number of nitrogens with two attached hydrogens (primary N) is 1. The highest BCUT2D eigenvalue weighted by molar-refractivity contribution is 9.11. The predicted molar refractivity (Wildman–Crippen MR) is 77.0 cm³/mol. The molecule has 18 heavy (non-hydrogen) atoms. The summed E-state index contributed by atoms with van der Waals surface area (Å²) in [6, 6.07) is 5.78. The highest BCUT2D eigenvalue weighted by atomic mass is 79.9.